The van der Waals surface area contributed by atoms with E-state index in [-0.39, 0.29) is 5.54 Å². The molecule has 1 fully saturated rings. The molecule has 2 N–H and O–H groups in total. The molecule has 1 aromatic rings. The zero-order valence-corrected chi connectivity index (χ0v) is 12.1. The minimum atomic E-state index is -0.499. The van der Waals surface area contributed by atoms with Crippen LogP contribution in [0.1, 0.15) is 32.8 Å². The highest BCUT2D eigenvalue weighted by Crippen LogP contribution is 2.43. The van der Waals surface area contributed by atoms with Crippen LogP contribution in [-0.2, 0) is 10.3 Å². The SMILES string of the molecule is CC(C)(C)OC(=O)Nc1ccc2c(c1)[C@]1(CCN1)CO2. The molecule has 1 amide bonds. The topological polar surface area (TPSA) is 59.6 Å². The van der Waals surface area contributed by atoms with Crippen molar-refractivity contribution in [3.63, 3.8) is 0 Å². The molecule has 0 aliphatic carbocycles. The molecule has 108 valence electrons. The Morgan fingerprint density at radius 2 is 2.20 bits per heavy atom. The summed E-state index contributed by atoms with van der Waals surface area (Å²) in [5, 5.41) is 6.20. The lowest BCUT2D eigenvalue weighted by molar-refractivity contribution is 0.0636. The van der Waals surface area contributed by atoms with Crippen LogP contribution >= 0.6 is 0 Å². The molecule has 1 atom stereocenters. The minimum Gasteiger partial charge on any atom is -0.491 e. The van der Waals surface area contributed by atoms with Gasteiger partial charge in [-0.05, 0) is 51.9 Å². The van der Waals surface area contributed by atoms with Gasteiger partial charge in [0.15, 0.2) is 0 Å². The average molecular weight is 276 g/mol. The summed E-state index contributed by atoms with van der Waals surface area (Å²) < 4.78 is 10.9. The molecule has 2 heterocycles. The Kier molecular flexibility index (Phi) is 2.90. The first-order valence-corrected chi connectivity index (χ1v) is 6.90. The minimum absolute atomic E-state index is 0.0546. The van der Waals surface area contributed by atoms with Crippen molar-refractivity contribution in [1.29, 1.82) is 0 Å². The van der Waals surface area contributed by atoms with Crippen molar-refractivity contribution in [3.8, 4) is 5.75 Å². The van der Waals surface area contributed by atoms with Crippen LogP contribution in [0.2, 0.25) is 0 Å². The highest BCUT2D eigenvalue weighted by atomic mass is 16.6. The molecule has 0 bridgehead atoms. The number of rotatable bonds is 1. The summed E-state index contributed by atoms with van der Waals surface area (Å²) in [6.07, 6.45) is 0.627. The van der Waals surface area contributed by atoms with E-state index >= 15 is 0 Å². The molecular weight excluding hydrogens is 256 g/mol. The highest BCUT2D eigenvalue weighted by molar-refractivity contribution is 5.85. The Balaban J connectivity index is 1.76. The first-order valence-electron chi connectivity index (χ1n) is 6.90. The Bertz CT molecular complexity index is 545. The van der Waals surface area contributed by atoms with Crippen LogP contribution in [0.5, 0.6) is 5.75 Å². The number of benzene rings is 1. The van der Waals surface area contributed by atoms with Crippen molar-refractivity contribution in [2.45, 2.75) is 38.3 Å². The first kappa shape index (κ1) is 13.2. The monoisotopic (exact) mass is 276 g/mol. The molecule has 5 heteroatoms. The van der Waals surface area contributed by atoms with Crippen molar-refractivity contribution >= 4 is 11.8 Å². The maximum Gasteiger partial charge on any atom is 0.412 e. The maximum absolute atomic E-state index is 11.8. The van der Waals surface area contributed by atoms with E-state index < -0.39 is 11.7 Å². The number of hydrogen-bond acceptors (Lipinski definition) is 4. The number of fused-ring (bicyclic) bond motifs is 2. The maximum atomic E-state index is 11.8. The number of amides is 1. The van der Waals surface area contributed by atoms with Gasteiger partial charge in [-0.25, -0.2) is 4.79 Å². The fourth-order valence-corrected chi connectivity index (χ4v) is 2.59. The second-order valence-electron chi connectivity index (χ2n) is 6.39. The molecule has 3 rings (SSSR count). The van der Waals surface area contributed by atoms with Crippen molar-refractivity contribution in [3.05, 3.63) is 23.8 Å². The van der Waals surface area contributed by atoms with Gasteiger partial charge in [0.2, 0.25) is 0 Å². The average Bonchev–Trinajstić information content (AvgIpc) is 2.64. The number of nitrogens with one attached hydrogen (secondary N) is 2. The van der Waals surface area contributed by atoms with Gasteiger partial charge < -0.3 is 14.8 Å². The standard InChI is InChI=1S/C15H20N2O3/c1-14(2,3)20-13(18)17-10-4-5-12-11(8-10)15(9-19-12)6-7-16-15/h4-5,8,16H,6-7,9H2,1-3H3,(H,17,18)/t15-/m0/s1. The lowest BCUT2D eigenvalue weighted by atomic mass is 9.82. The predicted molar refractivity (Wildman–Crippen MR) is 76.1 cm³/mol. The van der Waals surface area contributed by atoms with Gasteiger partial charge in [0.05, 0.1) is 5.54 Å². The fraction of sp³-hybridized carbons (Fsp3) is 0.533. The lowest BCUT2D eigenvalue weighted by Crippen LogP contribution is -2.55. The Morgan fingerprint density at radius 1 is 1.45 bits per heavy atom. The number of carbonyl (C=O) groups is 1. The van der Waals surface area contributed by atoms with E-state index in [0.29, 0.717) is 6.61 Å². The highest BCUT2D eigenvalue weighted by Gasteiger charge is 2.45. The van der Waals surface area contributed by atoms with Crippen LogP contribution in [-0.4, -0.2) is 24.8 Å². The number of anilines is 1. The molecule has 0 unspecified atom stereocenters. The molecule has 2 aliphatic heterocycles. The van der Waals surface area contributed by atoms with Gasteiger partial charge in [-0.1, -0.05) is 0 Å². The third-order valence-electron chi connectivity index (χ3n) is 3.63. The summed E-state index contributed by atoms with van der Waals surface area (Å²) in [4.78, 5) is 11.8. The van der Waals surface area contributed by atoms with Crippen molar-refractivity contribution in [2.75, 3.05) is 18.5 Å². The van der Waals surface area contributed by atoms with Gasteiger partial charge in [-0.15, -0.1) is 0 Å². The van der Waals surface area contributed by atoms with Crippen LogP contribution < -0.4 is 15.4 Å². The van der Waals surface area contributed by atoms with Gasteiger partial charge >= 0.3 is 6.09 Å². The number of ether oxygens (including phenoxy) is 2. The van der Waals surface area contributed by atoms with Gasteiger partial charge in [-0.2, -0.15) is 0 Å². The van der Waals surface area contributed by atoms with Crippen LogP contribution in [0, 0.1) is 0 Å². The largest absolute Gasteiger partial charge is 0.491 e. The zero-order valence-electron chi connectivity index (χ0n) is 12.1. The molecule has 1 saturated heterocycles. The van der Waals surface area contributed by atoms with Crippen molar-refractivity contribution in [2.24, 2.45) is 0 Å². The van der Waals surface area contributed by atoms with Crippen molar-refractivity contribution in [1.82, 2.24) is 5.32 Å². The third kappa shape index (κ3) is 2.33. The van der Waals surface area contributed by atoms with Gasteiger partial charge in [0.1, 0.15) is 18.0 Å². The normalized spacial score (nSPS) is 23.8. The molecule has 0 aromatic heterocycles. The van der Waals surface area contributed by atoms with E-state index in [4.69, 9.17) is 9.47 Å². The van der Waals surface area contributed by atoms with E-state index in [0.717, 1.165) is 30.0 Å². The molecule has 5 nitrogen and oxygen atoms in total. The van der Waals surface area contributed by atoms with Crippen LogP contribution in [0.15, 0.2) is 18.2 Å². The predicted octanol–water partition coefficient (Wildman–Crippen LogP) is 2.61. The summed E-state index contributed by atoms with van der Waals surface area (Å²) in [5.74, 6) is 0.895. The van der Waals surface area contributed by atoms with Gasteiger partial charge in [0.25, 0.3) is 0 Å². The first-order chi connectivity index (χ1) is 9.38. The molecule has 1 aromatic carbocycles. The molecule has 0 saturated carbocycles. The van der Waals surface area contributed by atoms with E-state index in [1.807, 2.05) is 39.0 Å². The summed E-state index contributed by atoms with van der Waals surface area (Å²) in [7, 11) is 0. The second-order valence-corrected chi connectivity index (χ2v) is 6.39. The van der Waals surface area contributed by atoms with E-state index in [2.05, 4.69) is 10.6 Å². The van der Waals surface area contributed by atoms with Gasteiger partial charge in [0, 0.05) is 11.3 Å². The quantitative estimate of drug-likeness (QED) is 0.827. The summed E-state index contributed by atoms with van der Waals surface area (Å²) >= 11 is 0. The zero-order chi connectivity index (χ0) is 14.4. The van der Waals surface area contributed by atoms with Crippen LogP contribution in [0.4, 0.5) is 10.5 Å². The molecule has 20 heavy (non-hydrogen) atoms. The fourth-order valence-electron chi connectivity index (χ4n) is 2.59. The Labute approximate surface area is 118 Å². The molecule has 2 aliphatic rings. The second kappa shape index (κ2) is 4.38. The van der Waals surface area contributed by atoms with E-state index in [9.17, 15) is 4.79 Å². The Morgan fingerprint density at radius 3 is 2.80 bits per heavy atom. The molecule has 0 radical (unpaired) electrons. The smallest absolute Gasteiger partial charge is 0.412 e. The number of hydrogen-bond donors (Lipinski definition) is 2. The number of carbonyl (C=O) groups excluding carboxylic acids is 1. The van der Waals surface area contributed by atoms with Crippen LogP contribution in [0.25, 0.3) is 0 Å². The Hall–Kier alpha value is -1.75. The van der Waals surface area contributed by atoms with Crippen LogP contribution in [0.3, 0.4) is 0 Å². The summed E-state index contributed by atoms with van der Waals surface area (Å²) in [6.45, 7) is 7.20. The summed E-state index contributed by atoms with van der Waals surface area (Å²) in [6, 6.07) is 5.70. The molecule has 1 spiro atoms. The van der Waals surface area contributed by atoms with Gasteiger partial charge in [-0.3, -0.25) is 5.32 Å². The third-order valence-corrected chi connectivity index (χ3v) is 3.63. The van der Waals surface area contributed by atoms with E-state index in [1.54, 1.807) is 0 Å². The lowest BCUT2D eigenvalue weighted by Gasteiger charge is -2.38. The van der Waals surface area contributed by atoms with E-state index in [1.165, 1.54) is 0 Å². The summed E-state index contributed by atoms with van der Waals surface area (Å²) in [5.41, 5.74) is 1.30. The van der Waals surface area contributed by atoms with Crippen molar-refractivity contribution < 1.29 is 14.3 Å². The molecular formula is C15H20N2O3.